The van der Waals surface area contributed by atoms with Crippen LogP contribution in [0.15, 0.2) is 22.6 Å². The van der Waals surface area contributed by atoms with E-state index < -0.39 is 10.0 Å². The molecule has 0 saturated carbocycles. The maximum atomic E-state index is 11.6. The Morgan fingerprint density at radius 3 is 3.00 bits per heavy atom. The number of hydrogen-bond acceptors (Lipinski definition) is 5. The minimum absolute atomic E-state index is 0.0191. The summed E-state index contributed by atoms with van der Waals surface area (Å²) in [6.07, 6.45) is 2.13. The average Bonchev–Trinajstić information content (AvgIpc) is 2.38. The van der Waals surface area contributed by atoms with Crippen LogP contribution in [-0.2, 0) is 15.8 Å². The number of nitrogens with two attached hydrogens (primary N) is 1. The zero-order valence-corrected chi connectivity index (χ0v) is 11.8. The molecule has 0 radical (unpaired) electrons. The highest BCUT2D eigenvalue weighted by Crippen LogP contribution is 2.29. The lowest BCUT2D eigenvalue weighted by atomic mass is 10.1. The third-order valence-electron chi connectivity index (χ3n) is 3.49. The van der Waals surface area contributed by atoms with Crippen LogP contribution in [0.4, 0.5) is 0 Å². The van der Waals surface area contributed by atoms with Crippen molar-refractivity contribution in [2.24, 2.45) is 10.1 Å². The molecule has 0 bridgehead atoms. The SMILES string of the molecule is NC1=NS(=O)(=O)Cc2cccc(O[C@@H]3CCCNC3)c21. The van der Waals surface area contributed by atoms with Gasteiger partial charge in [-0.2, -0.15) is 0 Å². The predicted octanol–water partition coefficient (Wildman–Crippen LogP) is 0.366. The van der Waals surface area contributed by atoms with Crippen molar-refractivity contribution in [2.75, 3.05) is 13.1 Å². The number of ether oxygens (including phenoxy) is 1. The Morgan fingerprint density at radius 2 is 2.25 bits per heavy atom. The fourth-order valence-corrected chi connectivity index (χ4v) is 3.70. The van der Waals surface area contributed by atoms with E-state index in [9.17, 15) is 8.42 Å². The molecule has 1 aromatic carbocycles. The molecule has 1 aromatic rings. The Kier molecular flexibility index (Phi) is 3.39. The number of nitrogens with one attached hydrogen (secondary N) is 1. The molecule has 6 nitrogen and oxygen atoms in total. The number of rotatable bonds is 2. The van der Waals surface area contributed by atoms with Gasteiger partial charge in [-0.3, -0.25) is 0 Å². The molecule has 0 aliphatic carbocycles. The minimum atomic E-state index is -3.50. The van der Waals surface area contributed by atoms with Crippen molar-refractivity contribution in [1.29, 1.82) is 0 Å². The van der Waals surface area contributed by atoms with Crippen molar-refractivity contribution in [2.45, 2.75) is 24.7 Å². The smallest absolute Gasteiger partial charge is 0.259 e. The molecule has 3 N–H and O–H groups in total. The first-order valence-corrected chi connectivity index (χ1v) is 8.24. The van der Waals surface area contributed by atoms with Gasteiger partial charge < -0.3 is 15.8 Å². The number of benzene rings is 1. The first-order chi connectivity index (χ1) is 9.55. The third-order valence-corrected chi connectivity index (χ3v) is 4.64. The molecule has 2 aliphatic rings. The van der Waals surface area contributed by atoms with E-state index in [1.54, 1.807) is 12.1 Å². The maximum Gasteiger partial charge on any atom is 0.259 e. The van der Waals surface area contributed by atoms with E-state index in [1.807, 2.05) is 6.07 Å². The van der Waals surface area contributed by atoms with Crippen LogP contribution in [0.25, 0.3) is 0 Å². The Balaban J connectivity index is 1.94. The molecule has 2 heterocycles. The van der Waals surface area contributed by atoms with Gasteiger partial charge in [-0.25, -0.2) is 8.42 Å². The number of hydrogen-bond donors (Lipinski definition) is 2. The van der Waals surface area contributed by atoms with E-state index in [2.05, 4.69) is 9.71 Å². The van der Waals surface area contributed by atoms with Gasteiger partial charge in [-0.15, -0.1) is 4.40 Å². The summed E-state index contributed by atoms with van der Waals surface area (Å²) in [6.45, 7) is 1.80. The normalized spacial score (nSPS) is 24.6. The van der Waals surface area contributed by atoms with Crippen molar-refractivity contribution in [3.63, 3.8) is 0 Å². The zero-order chi connectivity index (χ0) is 14.2. The molecule has 0 unspecified atom stereocenters. The van der Waals surface area contributed by atoms with Crippen molar-refractivity contribution in [1.82, 2.24) is 5.32 Å². The second kappa shape index (κ2) is 5.06. The number of sulfonamides is 1. The number of amidine groups is 1. The number of fused-ring (bicyclic) bond motifs is 1. The monoisotopic (exact) mass is 295 g/mol. The second-order valence-electron chi connectivity index (χ2n) is 5.08. The summed E-state index contributed by atoms with van der Waals surface area (Å²) in [6, 6.07) is 5.35. The Hall–Kier alpha value is -1.60. The summed E-state index contributed by atoms with van der Waals surface area (Å²) in [5.41, 5.74) is 7.07. The topological polar surface area (TPSA) is 93.8 Å². The second-order valence-corrected chi connectivity index (χ2v) is 6.71. The maximum absolute atomic E-state index is 11.6. The molecule has 2 aliphatic heterocycles. The van der Waals surface area contributed by atoms with E-state index in [-0.39, 0.29) is 17.7 Å². The summed E-state index contributed by atoms with van der Waals surface area (Å²) in [5, 5.41) is 3.28. The molecule has 3 rings (SSSR count). The van der Waals surface area contributed by atoms with Crippen molar-refractivity contribution in [3.05, 3.63) is 29.3 Å². The summed E-state index contributed by atoms with van der Waals surface area (Å²) in [5.74, 6) is 0.515. The molecule has 108 valence electrons. The van der Waals surface area contributed by atoms with Crippen LogP contribution in [0.3, 0.4) is 0 Å². The lowest BCUT2D eigenvalue weighted by molar-refractivity contribution is 0.166. The lowest BCUT2D eigenvalue weighted by Gasteiger charge is -2.26. The molecule has 0 spiro atoms. The van der Waals surface area contributed by atoms with Crippen LogP contribution in [0, 0.1) is 0 Å². The van der Waals surface area contributed by atoms with E-state index in [0.717, 1.165) is 25.9 Å². The van der Waals surface area contributed by atoms with Gasteiger partial charge in [-0.1, -0.05) is 12.1 Å². The lowest BCUT2D eigenvalue weighted by Crippen LogP contribution is -2.37. The highest BCUT2D eigenvalue weighted by molar-refractivity contribution is 7.89. The van der Waals surface area contributed by atoms with Gasteiger partial charge in [0.25, 0.3) is 10.0 Å². The van der Waals surface area contributed by atoms with Gasteiger partial charge in [0.15, 0.2) is 0 Å². The van der Waals surface area contributed by atoms with E-state index in [4.69, 9.17) is 10.5 Å². The fraction of sp³-hybridized carbons (Fsp3) is 0.462. The van der Waals surface area contributed by atoms with Crippen LogP contribution in [0.2, 0.25) is 0 Å². The molecule has 0 aromatic heterocycles. The number of nitrogens with zero attached hydrogens (tertiary/aromatic N) is 1. The third kappa shape index (κ3) is 2.64. The van der Waals surface area contributed by atoms with Gasteiger partial charge >= 0.3 is 0 Å². The van der Waals surface area contributed by atoms with Crippen molar-refractivity contribution in [3.8, 4) is 5.75 Å². The van der Waals surface area contributed by atoms with Crippen LogP contribution in [0.1, 0.15) is 24.0 Å². The van der Waals surface area contributed by atoms with Crippen molar-refractivity contribution < 1.29 is 13.2 Å². The fourth-order valence-electron chi connectivity index (χ4n) is 2.61. The van der Waals surface area contributed by atoms with Crippen LogP contribution in [0.5, 0.6) is 5.75 Å². The summed E-state index contributed by atoms with van der Waals surface area (Å²) in [4.78, 5) is 0. The molecule has 1 atom stereocenters. The van der Waals surface area contributed by atoms with E-state index in [1.165, 1.54) is 0 Å². The highest BCUT2D eigenvalue weighted by Gasteiger charge is 2.26. The Labute approximate surface area is 118 Å². The molecule has 0 amide bonds. The minimum Gasteiger partial charge on any atom is -0.488 e. The standard InChI is InChI=1S/C13H17N3O3S/c14-13-12-9(8-20(17,18)16-13)3-1-5-11(12)19-10-4-2-6-15-7-10/h1,3,5,10,15H,2,4,6-8H2,(H2,14,16)/t10-/m1/s1. The molecular weight excluding hydrogens is 278 g/mol. The van der Waals surface area contributed by atoms with Crippen LogP contribution < -0.4 is 15.8 Å². The van der Waals surface area contributed by atoms with Gasteiger partial charge in [0.1, 0.15) is 17.7 Å². The van der Waals surface area contributed by atoms with Crippen LogP contribution in [-0.4, -0.2) is 33.4 Å². The van der Waals surface area contributed by atoms with Gasteiger partial charge in [-0.05, 0) is 31.0 Å². The Morgan fingerprint density at radius 1 is 1.40 bits per heavy atom. The molecule has 1 saturated heterocycles. The van der Waals surface area contributed by atoms with Gasteiger partial charge in [0.2, 0.25) is 0 Å². The summed E-state index contributed by atoms with van der Waals surface area (Å²) < 4.78 is 32.8. The number of piperidine rings is 1. The molecule has 7 heteroatoms. The highest BCUT2D eigenvalue weighted by atomic mass is 32.2. The summed E-state index contributed by atoms with van der Waals surface area (Å²) >= 11 is 0. The zero-order valence-electron chi connectivity index (χ0n) is 11.0. The first-order valence-electron chi connectivity index (χ1n) is 6.63. The molecule has 1 fully saturated rings. The van der Waals surface area contributed by atoms with Gasteiger partial charge in [0.05, 0.1) is 11.3 Å². The van der Waals surface area contributed by atoms with Crippen molar-refractivity contribution >= 4 is 15.9 Å². The van der Waals surface area contributed by atoms with E-state index >= 15 is 0 Å². The predicted molar refractivity (Wildman–Crippen MR) is 76.3 cm³/mol. The summed E-state index contributed by atoms with van der Waals surface area (Å²) in [7, 11) is -3.50. The van der Waals surface area contributed by atoms with E-state index in [0.29, 0.717) is 16.9 Å². The van der Waals surface area contributed by atoms with Crippen LogP contribution >= 0.6 is 0 Å². The quantitative estimate of drug-likeness (QED) is 0.822. The molecule has 20 heavy (non-hydrogen) atoms. The molecular formula is C13H17N3O3S. The largest absolute Gasteiger partial charge is 0.488 e. The average molecular weight is 295 g/mol. The Bertz CT molecular complexity index is 649. The van der Waals surface area contributed by atoms with Gasteiger partial charge in [0, 0.05) is 6.54 Å². The first kappa shape index (κ1) is 13.4.